The van der Waals surface area contributed by atoms with Crippen molar-refractivity contribution in [2.45, 2.75) is 25.9 Å². The molecule has 1 aromatic rings. The third kappa shape index (κ3) is 6.94. The number of ether oxygens (including phenoxy) is 1. The van der Waals surface area contributed by atoms with Crippen molar-refractivity contribution in [3.05, 3.63) is 27.1 Å². The lowest BCUT2D eigenvalue weighted by atomic mass is 10.2. The zero-order valence-electron chi connectivity index (χ0n) is 10.7. The molecule has 1 unspecified atom stereocenters. The number of nitrogens with one attached hydrogen (secondary N) is 1. The number of aliphatic hydroxyl groups is 1. The molecule has 0 fully saturated rings. The Morgan fingerprint density at radius 3 is 2.84 bits per heavy atom. The molecule has 0 aliphatic heterocycles. The Bertz CT molecular complexity index is 424. The molecule has 0 aromatic heterocycles. The van der Waals surface area contributed by atoms with E-state index in [1.165, 1.54) is 0 Å². The standard InChI is InChI=1S/C13H17Br2NO3/c1-9(17)3-2-6-16-13(18)8-19-12-5-4-10(14)7-11(12)15/h4-5,7,9,17H,2-3,6,8H2,1H3,(H,16,18). The number of hydrogen-bond donors (Lipinski definition) is 2. The highest BCUT2D eigenvalue weighted by atomic mass is 79.9. The minimum Gasteiger partial charge on any atom is -0.483 e. The second-order valence-electron chi connectivity index (χ2n) is 4.20. The average Bonchev–Trinajstić information content (AvgIpc) is 2.33. The van der Waals surface area contributed by atoms with Crippen LogP contribution in [0.4, 0.5) is 0 Å². The maximum absolute atomic E-state index is 11.5. The number of carbonyl (C=O) groups is 1. The molecule has 2 N–H and O–H groups in total. The van der Waals surface area contributed by atoms with Crippen molar-refractivity contribution in [1.82, 2.24) is 5.32 Å². The van der Waals surface area contributed by atoms with Crippen LogP contribution in [0.1, 0.15) is 19.8 Å². The number of rotatable bonds is 7. The summed E-state index contributed by atoms with van der Waals surface area (Å²) in [5.74, 6) is 0.461. The minimum atomic E-state index is -0.327. The van der Waals surface area contributed by atoms with Crippen LogP contribution in [0.5, 0.6) is 5.75 Å². The monoisotopic (exact) mass is 393 g/mol. The highest BCUT2D eigenvalue weighted by Gasteiger charge is 2.06. The maximum atomic E-state index is 11.5. The largest absolute Gasteiger partial charge is 0.483 e. The fourth-order valence-electron chi connectivity index (χ4n) is 1.41. The molecule has 1 rings (SSSR count). The first kappa shape index (κ1) is 16.5. The first-order valence-electron chi connectivity index (χ1n) is 6.01. The lowest BCUT2D eigenvalue weighted by molar-refractivity contribution is -0.123. The van der Waals surface area contributed by atoms with Crippen molar-refractivity contribution in [3.63, 3.8) is 0 Å². The van der Waals surface area contributed by atoms with Crippen LogP contribution in [0.15, 0.2) is 27.1 Å². The minimum absolute atomic E-state index is 0.0189. The molecule has 0 heterocycles. The summed E-state index contributed by atoms with van der Waals surface area (Å²) < 4.78 is 7.14. The van der Waals surface area contributed by atoms with Gasteiger partial charge in [0.25, 0.3) is 5.91 Å². The molecule has 4 nitrogen and oxygen atoms in total. The Morgan fingerprint density at radius 2 is 2.21 bits per heavy atom. The number of halogens is 2. The summed E-state index contributed by atoms with van der Waals surface area (Å²) in [7, 11) is 0. The molecule has 0 saturated carbocycles. The van der Waals surface area contributed by atoms with Crippen molar-refractivity contribution in [1.29, 1.82) is 0 Å². The molecule has 1 amide bonds. The van der Waals surface area contributed by atoms with Crippen LogP contribution >= 0.6 is 31.9 Å². The van der Waals surface area contributed by atoms with E-state index in [1.54, 1.807) is 13.0 Å². The van der Waals surface area contributed by atoms with E-state index in [4.69, 9.17) is 9.84 Å². The SMILES string of the molecule is CC(O)CCCNC(=O)COc1ccc(Br)cc1Br. The second-order valence-corrected chi connectivity index (χ2v) is 5.97. The number of amides is 1. The van der Waals surface area contributed by atoms with E-state index in [1.807, 2.05) is 12.1 Å². The van der Waals surface area contributed by atoms with Crippen LogP contribution in [0, 0.1) is 0 Å². The summed E-state index contributed by atoms with van der Waals surface area (Å²) >= 11 is 6.71. The van der Waals surface area contributed by atoms with Crippen LogP contribution in [-0.4, -0.2) is 30.3 Å². The first-order chi connectivity index (χ1) is 8.99. The maximum Gasteiger partial charge on any atom is 0.257 e. The summed E-state index contributed by atoms with van der Waals surface area (Å²) in [6, 6.07) is 5.49. The smallest absolute Gasteiger partial charge is 0.257 e. The zero-order valence-corrected chi connectivity index (χ0v) is 13.8. The van der Waals surface area contributed by atoms with E-state index in [9.17, 15) is 4.79 Å². The number of aliphatic hydroxyl groups excluding tert-OH is 1. The predicted octanol–water partition coefficient (Wildman–Crippen LogP) is 2.87. The molecule has 0 bridgehead atoms. The fourth-order valence-corrected chi connectivity index (χ4v) is 2.57. The van der Waals surface area contributed by atoms with Gasteiger partial charge in [0.2, 0.25) is 0 Å². The number of hydrogen-bond acceptors (Lipinski definition) is 3. The van der Waals surface area contributed by atoms with Crippen molar-refractivity contribution >= 4 is 37.8 Å². The van der Waals surface area contributed by atoms with Crippen LogP contribution in [0.25, 0.3) is 0 Å². The predicted molar refractivity (Wildman–Crippen MR) is 81.3 cm³/mol. The van der Waals surface area contributed by atoms with Gasteiger partial charge >= 0.3 is 0 Å². The van der Waals surface area contributed by atoms with Gasteiger partial charge in [0.15, 0.2) is 6.61 Å². The molecule has 106 valence electrons. The molecule has 6 heteroatoms. The van der Waals surface area contributed by atoms with E-state index < -0.39 is 0 Å². The van der Waals surface area contributed by atoms with Gasteiger partial charge in [-0.1, -0.05) is 15.9 Å². The van der Waals surface area contributed by atoms with E-state index in [2.05, 4.69) is 37.2 Å². The fraction of sp³-hybridized carbons (Fsp3) is 0.462. The normalized spacial score (nSPS) is 12.0. The van der Waals surface area contributed by atoms with Gasteiger partial charge in [-0.3, -0.25) is 4.79 Å². The Morgan fingerprint density at radius 1 is 1.47 bits per heavy atom. The van der Waals surface area contributed by atoms with Gasteiger partial charge in [0.05, 0.1) is 10.6 Å². The Labute approximate surface area is 129 Å². The highest BCUT2D eigenvalue weighted by molar-refractivity contribution is 9.11. The topological polar surface area (TPSA) is 58.6 Å². The van der Waals surface area contributed by atoms with E-state index >= 15 is 0 Å². The van der Waals surface area contributed by atoms with Gasteiger partial charge in [-0.15, -0.1) is 0 Å². The highest BCUT2D eigenvalue weighted by Crippen LogP contribution is 2.27. The summed E-state index contributed by atoms with van der Waals surface area (Å²) in [6.45, 7) is 2.26. The van der Waals surface area contributed by atoms with Crippen LogP contribution in [0.3, 0.4) is 0 Å². The van der Waals surface area contributed by atoms with Gasteiger partial charge in [0, 0.05) is 11.0 Å². The van der Waals surface area contributed by atoms with Crippen LogP contribution < -0.4 is 10.1 Å². The van der Waals surface area contributed by atoms with Crippen molar-refractivity contribution in [3.8, 4) is 5.75 Å². The second kappa shape index (κ2) is 8.55. The number of carbonyl (C=O) groups excluding carboxylic acids is 1. The Balaban J connectivity index is 2.26. The van der Waals surface area contributed by atoms with Crippen molar-refractivity contribution in [2.24, 2.45) is 0 Å². The van der Waals surface area contributed by atoms with Crippen molar-refractivity contribution in [2.75, 3.05) is 13.2 Å². The van der Waals surface area contributed by atoms with E-state index in [0.717, 1.165) is 15.4 Å². The molecule has 0 aliphatic carbocycles. The molecule has 19 heavy (non-hydrogen) atoms. The van der Waals surface area contributed by atoms with Gasteiger partial charge in [0.1, 0.15) is 5.75 Å². The lowest BCUT2D eigenvalue weighted by Crippen LogP contribution is -2.30. The first-order valence-corrected chi connectivity index (χ1v) is 7.60. The summed E-state index contributed by atoms with van der Waals surface area (Å²) in [4.78, 5) is 11.5. The lowest BCUT2D eigenvalue weighted by Gasteiger charge is -2.09. The quantitative estimate of drug-likeness (QED) is 0.699. The Kier molecular flexibility index (Phi) is 7.41. The van der Waals surface area contributed by atoms with Crippen molar-refractivity contribution < 1.29 is 14.6 Å². The van der Waals surface area contributed by atoms with Gasteiger partial charge in [-0.2, -0.15) is 0 Å². The summed E-state index contributed by atoms with van der Waals surface area (Å²) in [5, 5.41) is 11.8. The van der Waals surface area contributed by atoms with Gasteiger partial charge in [-0.05, 0) is 53.9 Å². The average molecular weight is 395 g/mol. The molecular formula is C13H17Br2NO3. The Hall–Kier alpha value is -0.590. The number of benzene rings is 1. The molecule has 1 atom stereocenters. The van der Waals surface area contributed by atoms with Gasteiger partial charge in [-0.25, -0.2) is 0 Å². The third-order valence-corrected chi connectivity index (χ3v) is 3.49. The zero-order chi connectivity index (χ0) is 14.3. The third-order valence-electron chi connectivity index (χ3n) is 2.37. The molecule has 0 aliphatic rings. The van der Waals surface area contributed by atoms with E-state index in [-0.39, 0.29) is 18.6 Å². The summed E-state index contributed by atoms with van der Waals surface area (Å²) in [6.07, 6.45) is 1.11. The van der Waals surface area contributed by atoms with Gasteiger partial charge < -0.3 is 15.2 Å². The molecular weight excluding hydrogens is 378 g/mol. The molecule has 0 spiro atoms. The van der Waals surface area contributed by atoms with E-state index in [0.29, 0.717) is 18.7 Å². The van der Waals surface area contributed by atoms with Crippen LogP contribution in [-0.2, 0) is 4.79 Å². The van der Waals surface area contributed by atoms with Crippen LogP contribution in [0.2, 0.25) is 0 Å². The summed E-state index contributed by atoms with van der Waals surface area (Å²) in [5.41, 5.74) is 0. The molecule has 0 saturated heterocycles. The molecule has 0 radical (unpaired) electrons. The molecule has 1 aromatic carbocycles.